The zero-order chi connectivity index (χ0) is 31.2. The molecule has 0 N–H and O–H groups in total. The lowest BCUT2D eigenvalue weighted by atomic mass is 9.80. The normalized spacial score (nSPS) is 12.7. The zero-order valence-electron chi connectivity index (χ0n) is 24.0. The molecule has 5 nitrogen and oxygen atoms in total. The highest BCUT2D eigenvalue weighted by Crippen LogP contribution is 2.38. The fourth-order valence-electron chi connectivity index (χ4n) is 4.91. The Balaban J connectivity index is 1.50. The van der Waals surface area contributed by atoms with Crippen LogP contribution in [0.1, 0.15) is 48.3 Å². The maximum Gasteiger partial charge on any atom is 0.449 e. The second kappa shape index (κ2) is 11.4. The second-order valence-electron chi connectivity index (χ2n) is 11.0. The molecular weight excluding hydrogens is 595 g/mol. The third kappa shape index (κ3) is 6.18. The molecule has 0 aliphatic rings. The van der Waals surface area contributed by atoms with Gasteiger partial charge in [-0.05, 0) is 68.1 Å². The summed E-state index contributed by atoms with van der Waals surface area (Å²) in [5, 5.41) is 0.564. The number of aryl methyl sites for hydroxylation is 1. The lowest BCUT2D eigenvalue weighted by Crippen LogP contribution is -2.30. The number of hydrogen-bond donors (Lipinski definition) is 0. The molecule has 0 unspecified atom stereocenters. The summed E-state index contributed by atoms with van der Waals surface area (Å²) in [6.45, 7) is 6.57. The Hall–Kier alpha value is -3.73. The molecule has 0 aliphatic heterocycles. The number of benzene rings is 3. The van der Waals surface area contributed by atoms with E-state index >= 15 is 0 Å². The molecule has 0 saturated carbocycles. The van der Waals surface area contributed by atoms with E-state index in [4.69, 9.17) is 4.42 Å². The van der Waals surface area contributed by atoms with Crippen molar-refractivity contribution in [3.05, 3.63) is 112 Å². The number of alkyl halides is 3. The van der Waals surface area contributed by atoms with Crippen molar-refractivity contribution in [3.8, 4) is 11.1 Å². The summed E-state index contributed by atoms with van der Waals surface area (Å²) in [5.41, 5.74) is 2.66. The minimum Gasteiger partial charge on any atom is -0.455 e. The van der Waals surface area contributed by atoms with Crippen LogP contribution in [0.4, 0.5) is 13.2 Å². The van der Waals surface area contributed by atoms with E-state index in [-0.39, 0.29) is 29.5 Å². The van der Waals surface area contributed by atoms with Crippen molar-refractivity contribution in [2.45, 2.75) is 57.3 Å². The number of carbonyl (C=O) groups is 1. The number of furan rings is 1. The van der Waals surface area contributed by atoms with E-state index in [1.165, 1.54) is 11.3 Å². The molecule has 0 saturated heterocycles. The molecule has 0 aliphatic carbocycles. The third-order valence-corrected chi connectivity index (χ3v) is 10.9. The summed E-state index contributed by atoms with van der Waals surface area (Å²) in [5.74, 6) is -1.25. The maximum absolute atomic E-state index is 14.2. The smallest absolute Gasteiger partial charge is 0.449 e. The Morgan fingerprint density at radius 1 is 0.884 bits per heavy atom. The largest absolute Gasteiger partial charge is 0.455 e. The SMILES string of the molecule is CC(=O)C(C)(C)c1cccc(-c2ccc(CN(Cc3ccc(C(F)(F)F)o3)S(=O)(=O)c3c(C)sc4ccccc34)cc2)c1. The van der Waals surface area contributed by atoms with E-state index in [0.29, 0.717) is 15.8 Å². The Kier molecular flexibility index (Phi) is 8.15. The molecule has 0 amide bonds. The number of nitrogens with zero attached hydrogens (tertiary/aromatic N) is 1. The van der Waals surface area contributed by atoms with Crippen LogP contribution in [-0.4, -0.2) is 18.5 Å². The van der Waals surface area contributed by atoms with Gasteiger partial charge < -0.3 is 4.42 Å². The van der Waals surface area contributed by atoms with Crippen molar-refractivity contribution in [2.24, 2.45) is 0 Å². The number of thiophene rings is 1. The van der Waals surface area contributed by atoms with Crippen molar-refractivity contribution >= 4 is 37.2 Å². The molecular formula is C33H30F3NO4S2. The standard InChI is InChI=1S/C33H30F3NO4S2/c1-21-31(28-10-5-6-11-29(28)42-21)43(39,40)37(20-27-16-17-30(41-27)33(34,35)36)19-23-12-14-24(15-13-23)25-8-7-9-26(18-25)32(3,4)22(2)38/h5-18H,19-20H2,1-4H3. The van der Waals surface area contributed by atoms with Gasteiger partial charge in [0.15, 0.2) is 0 Å². The van der Waals surface area contributed by atoms with Gasteiger partial charge in [0.25, 0.3) is 0 Å². The zero-order valence-corrected chi connectivity index (χ0v) is 25.7. The summed E-state index contributed by atoms with van der Waals surface area (Å²) >= 11 is 1.35. The molecule has 5 aromatic rings. The lowest BCUT2D eigenvalue weighted by Gasteiger charge is -2.23. The van der Waals surface area contributed by atoms with E-state index in [2.05, 4.69) is 0 Å². The third-order valence-electron chi connectivity index (χ3n) is 7.70. The first kappa shape index (κ1) is 30.7. The molecule has 2 aromatic heterocycles. The van der Waals surface area contributed by atoms with Crippen LogP contribution in [0.25, 0.3) is 21.2 Å². The van der Waals surface area contributed by atoms with Gasteiger partial charge in [0.05, 0.1) is 6.54 Å². The van der Waals surface area contributed by atoms with Gasteiger partial charge in [-0.25, -0.2) is 8.42 Å². The summed E-state index contributed by atoms with van der Waals surface area (Å²) in [4.78, 5) is 12.9. The Morgan fingerprint density at radius 2 is 1.58 bits per heavy atom. The van der Waals surface area contributed by atoms with Gasteiger partial charge in [-0.1, -0.05) is 66.7 Å². The van der Waals surface area contributed by atoms with Gasteiger partial charge in [0.1, 0.15) is 16.4 Å². The predicted molar refractivity (Wildman–Crippen MR) is 162 cm³/mol. The van der Waals surface area contributed by atoms with Gasteiger partial charge in [-0.3, -0.25) is 4.79 Å². The fraction of sp³-hybridized carbons (Fsp3) is 0.242. The number of ketones is 1. The molecule has 0 bridgehead atoms. The molecule has 0 fully saturated rings. The fourth-order valence-corrected chi connectivity index (χ4v) is 8.06. The Bertz CT molecular complexity index is 1900. The molecule has 0 atom stereocenters. The van der Waals surface area contributed by atoms with Crippen molar-refractivity contribution in [1.29, 1.82) is 0 Å². The van der Waals surface area contributed by atoms with Crippen LogP contribution in [0.3, 0.4) is 0 Å². The van der Waals surface area contributed by atoms with E-state index in [0.717, 1.165) is 37.8 Å². The van der Waals surface area contributed by atoms with E-state index < -0.39 is 27.4 Å². The highest BCUT2D eigenvalue weighted by molar-refractivity contribution is 7.89. The highest BCUT2D eigenvalue weighted by Gasteiger charge is 2.36. The summed E-state index contributed by atoms with van der Waals surface area (Å²) in [6, 6.07) is 24.1. The number of halogens is 3. The molecule has 5 rings (SSSR count). The summed E-state index contributed by atoms with van der Waals surface area (Å²) < 4.78 is 75.0. The van der Waals surface area contributed by atoms with E-state index in [1.54, 1.807) is 38.1 Å². The molecule has 3 aromatic carbocycles. The van der Waals surface area contributed by atoms with Crippen molar-refractivity contribution in [1.82, 2.24) is 4.31 Å². The molecule has 0 radical (unpaired) electrons. The van der Waals surface area contributed by atoms with E-state index in [1.807, 2.05) is 62.4 Å². The monoisotopic (exact) mass is 625 g/mol. The average molecular weight is 626 g/mol. The summed E-state index contributed by atoms with van der Waals surface area (Å²) in [7, 11) is -4.16. The number of sulfonamides is 1. The van der Waals surface area contributed by atoms with Crippen LogP contribution in [0.2, 0.25) is 0 Å². The van der Waals surface area contributed by atoms with Gasteiger partial charge >= 0.3 is 6.18 Å². The molecule has 43 heavy (non-hydrogen) atoms. The first-order valence-electron chi connectivity index (χ1n) is 13.5. The Morgan fingerprint density at radius 3 is 2.23 bits per heavy atom. The predicted octanol–water partition coefficient (Wildman–Crippen LogP) is 8.75. The van der Waals surface area contributed by atoms with Crippen LogP contribution < -0.4 is 0 Å². The Labute approximate surface area is 252 Å². The number of hydrogen-bond acceptors (Lipinski definition) is 5. The number of rotatable bonds is 9. The van der Waals surface area contributed by atoms with Gasteiger partial charge in [-0.15, -0.1) is 11.3 Å². The van der Waals surface area contributed by atoms with E-state index in [9.17, 15) is 26.4 Å². The lowest BCUT2D eigenvalue weighted by molar-refractivity contribution is -0.153. The van der Waals surface area contributed by atoms with Crippen molar-refractivity contribution < 1.29 is 30.8 Å². The first-order valence-corrected chi connectivity index (χ1v) is 15.8. The van der Waals surface area contributed by atoms with Crippen molar-refractivity contribution in [3.63, 3.8) is 0 Å². The molecule has 224 valence electrons. The van der Waals surface area contributed by atoms with Crippen LogP contribution in [0.5, 0.6) is 0 Å². The minimum atomic E-state index is -4.69. The minimum absolute atomic E-state index is 0.0499. The van der Waals surface area contributed by atoms with Crippen LogP contribution in [-0.2, 0) is 39.5 Å². The van der Waals surface area contributed by atoms with Crippen molar-refractivity contribution in [2.75, 3.05) is 0 Å². The second-order valence-corrected chi connectivity index (χ2v) is 14.1. The van der Waals surface area contributed by atoms with Crippen LogP contribution in [0, 0.1) is 6.92 Å². The molecule has 10 heteroatoms. The van der Waals surface area contributed by atoms with Gasteiger partial charge in [-0.2, -0.15) is 17.5 Å². The summed E-state index contributed by atoms with van der Waals surface area (Å²) in [6.07, 6.45) is -4.69. The quantitative estimate of drug-likeness (QED) is 0.164. The maximum atomic E-state index is 14.2. The van der Waals surface area contributed by atoms with Gasteiger partial charge in [0.2, 0.25) is 15.8 Å². The van der Waals surface area contributed by atoms with Gasteiger partial charge in [0, 0.05) is 26.9 Å². The number of fused-ring (bicyclic) bond motifs is 1. The van der Waals surface area contributed by atoms with Crippen LogP contribution >= 0.6 is 11.3 Å². The van der Waals surface area contributed by atoms with Crippen LogP contribution in [0.15, 0.2) is 94.2 Å². The molecule has 0 spiro atoms. The average Bonchev–Trinajstić information content (AvgIpc) is 3.57. The number of Topliss-reactive ketones (excluding diaryl/α,β-unsaturated/α-hetero) is 1. The highest BCUT2D eigenvalue weighted by atomic mass is 32.2. The first-order chi connectivity index (χ1) is 20.2. The topological polar surface area (TPSA) is 67.6 Å². The number of carbonyl (C=O) groups excluding carboxylic acids is 1. The molecule has 2 heterocycles.